The van der Waals surface area contributed by atoms with Gasteiger partial charge in [-0.25, -0.2) is 0 Å². The third kappa shape index (κ3) is 64.7. The summed E-state index contributed by atoms with van der Waals surface area (Å²) in [5.41, 5.74) is 0. The molecule has 0 aliphatic carbocycles. The molecule has 0 bridgehead atoms. The third-order valence-corrected chi connectivity index (χ3v) is 0. The molecule has 0 radical (unpaired) electrons. The first kappa shape index (κ1) is 29.2. The van der Waals surface area contributed by atoms with E-state index in [2.05, 4.69) is 111 Å². The Hall–Kier alpha value is 4.81. The van der Waals surface area contributed by atoms with Crippen molar-refractivity contribution in [3.63, 3.8) is 0 Å². The molecule has 0 unspecified atom stereocenters. The molecule has 0 aromatic carbocycles. The summed E-state index contributed by atoms with van der Waals surface area (Å²) in [4.78, 5) is 0. The molecule has 0 aliphatic rings. The molecule has 0 aromatic heterocycles. The van der Waals surface area contributed by atoms with Gasteiger partial charge in [-0.3, -0.25) is 0 Å². The first-order chi connectivity index (χ1) is 4.00. The van der Waals surface area contributed by atoms with Crippen LogP contribution >= 0.6 is 38.1 Å². The van der Waals surface area contributed by atoms with E-state index >= 15 is 0 Å². The summed E-state index contributed by atoms with van der Waals surface area (Å²) in [5.74, 6) is 0. The van der Waals surface area contributed by atoms with E-state index in [0.29, 0.717) is 0 Å². The van der Waals surface area contributed by atoms with Crippen molar-refractivity contribution in [1.29, 1.82) is 0 Å². The SMILES string of the molecule is [Cl][Pd].[Cl][Pd].[Cl][Pd].[Cl][Pd].[NaH]. The Balaban J connectivity index is -0.00000000762. The Bertz CT molecular complexity index is 12.5. The van der Waals surface area contributed by atoms with Crippen LogP contribution in [0, 0.1) is 0 Å². The second kappa shape index (κ2) is 77.2. The molecule has 0 aliphatic heterocycles. The molecule has 0 nitrogen and oxygen atoms in total. The second-order valence-corrected chi connectivity index (χ2v) is 0. The summed E-state index contributed by atoms with van der Waals surface area (Å²) in [6.07, 6.45) is 0. The zero-order valence-electron chi connectivity index (χ0n) is 2.78. The fraction of sp³-hybridized carbons (Fsp3) is 0. The van der Waals surface area contributed by atoms with Gasteiger partial charge in [-0.1, -0.05) is 0 Å². The van der Waals surface area contributed by atoms with Crippen LogP contribution in [-0.2, 0) is 72.7 Å². The van der Waals surface area contributed by atoms with Gasteiger partial charge < -0.3 is 0 Å². The van der Waals surface area contributed by atoms with Crippen LogP contribution in [0.1, 0.15) is 0 Å². The van der Waals surface area contributed by atoms with Crippen molar-refractivity contribution in [2.24, 2.45) is 0 Å². The van der Waals surface area contributed by atoms with E-state index in [0.717, 1.165) is 0 Å². The quantitative estimate of drug-likeness (QED) is 0.379. The zero-order valence-corrected chi connectivity index (χ0v) is 12.0. The Morgan fingerprint density at radius 2 is 0.444 bits per heavy atom. The molecule has 0 saturated carbocycles. The van der Waals surface area contributed by atoms with Gasteiger partial charge in [-0.05, 0) is 0 Å². The summed E-state index contributed by atoms with van der Waals surface area (Å²) in [6.45, 7) is 0. The number of hydrogen-bond acceptors (Lipinski definition) is 0. The summed E-state index contributed by atoms with van der Waals surface area (Å²) in [7, 11) is 18.0. The molecule has 0 N–H and O–H groups in total. The molecule has 9 heavy (non-hydrogen) atoms. The summed E-state index contributed by atoms with van der Waals surface area (Å²) in [5, 5.41) is 0. The molecule has 70 valence electrons. The van der Waals surface area contributed by atoms with Crippen LogP contribution in [0.3, 0.4) is 0 Å². The number of rotatable bonds is 0. The van der Waals surface area contributed by atoms with Crippen molar-refractivity contribution in [2.45, 2.75) is 0 Å². The van der Waals surface area contributed by atoms with Gasteiger partial charge in [0.1, 0.15) is 0 Å². The Kier molecular flexibility index (Phi) is 251. The van der Waals surface area contributed by atoms with E-state index in [1.807, 2.05) is 0 Å². The molecule has 0 atom stereocenters. The van der Waals surface area contributed by atoms with Gasteiger partial charge in [0, 0.05) is 0 Å². The van der Waals surface area contributed by atoms with Crippen LogP contribution in [0.2, 0.25) is 0 Å². The molecule has 0 amide bonds. The molecule has 9 heteroatoms. The van der Waals surface area contributed by atoms with Gasteiger partial charge in [0.15, 0.2) is 0 Å². The predicted octanol–water partition coefficient (Wildman–Crippen LogP) is 2.10. The van der Waals surface area contributed by atoms with E-state index in [9.17, 15) is 0 Å². The standard InChI is InChI=1S/4ClH.Na.4Pd.H/h4*1H;;;;;;/q;;;;;4*+1;/p-4. The zero-order chi connectivity index (χ0) is 8.00. The van der Waals surface area contributed by atoms with Crippen molar-refractivity contribution in [1.82, 2.24) is 0 Å². The van der Waals surface area contributed by atoms with E-state index in [1.54, 1.807) is 0 Å². The van der Waals surface area contributed by atoms with E-state index in [-0.39, 0.29) is 29.6 Å². The van der Waals surface area contributed by atoms with Crippen LogP contribution in [0.25, 0.3) is 0 Å². The summed E-state index contributed by atoms with van der Waals surface area (Å²) in [6, 6.07) is 0. The molecule has 0 saturated heterocycles. The van der Waals surface area contributed by atoms with Gasteiger partial charge in [0.05, 0.1) is 0 Å². The first-order valence-corrected chi connectivity index (χ1v) is 8.49. The molecule has 0 spiro atoms. The van der Waals surface area contributed by atoms with Crippen LogP contribution < -0.4 is 0 Å². The fourth-order valence-corrected chi connectivity index (χ4v) is 0. The summed E-state index contributed by atoms with van der Waals surface area (Å²) < 4.78 is 0. The van der Waals surface area contributed by atoms with Crippen LogP contribution in [-0.4, -0.2) is 29.6 Å². The molecule has 0 aromatic rings. The van der Waals surface area contributed by atoms with Gasteiger partial charge in [-0.15, -0.1) is 0 Å². The average Bonchev–Trinajstić information content (AvgIpc) is 2.03. The van der Waals surface area contributed by atoms with Crippen molar-refractivity contribution in [3.8, 4) is 0 Å². The fourth-order valence-electron chi connectivity index (χ4n) is 0. The predicted molar refractivity (Wildman–Crippen MR) is 30.6 cm³/mol. The third-order valence-electron chi connectivity index (χ3n) is 0. The Labute approximate surface area is 137 Å². The molecule has 0 fully saturated rings. The minimum atomic E-state index is 0. The second-order valence-electron chi connectivity index (χ2n) is 0. The van der Waals surface area contributed by atoms with E-state index in [4.69, 9.17) is 0 Å². The van der Waals surface area contributed by atoms with Gasteiger partial charge in [-0.2, -0.15) is 0 Å². The molecule has 0 heterocycles. The van der Waals surface area contributed by atoms with Gasteiger partial charge in [0.25, 0.3) is 0 Å². The van der Waals surface area contributed by atoms with Crippen molar-refractivity contribution in [3.05, 3.63) is 0 Å². The molecular weight excluding hydrogens is 590 g/mol. The van der Waals surface area contributed by atoms with Crippen LogP contribution in [0.5, 0.6) is 0 Å². The van der Waals surface area contributed by atoms with E-state index < -0.39 is 0 Å². The number of hydrogen-bond donors (Lipinski definition) is 0. The van der Waals surface area contributed by atoms with Crippen LogP contribution in [0.15, 0.2) is 0 Å². The molecular formula is HCl4NaPd4. The van der Waals surface area contributed by atoms with Crippen LogP contribution in [0.4, 0.5) is 0 Å². The maximum absolute atomic E-state index is 4.49. The molecule has 0 rings (SSSR count). The topological polar surface area (TPSA) is 0 Å². The number of halogens is 4. The average molecular weight is 591 g/mol. The minimum absolute atomic E-state index is 0. The van der Waals surface area contributed by atoms with Gasteiger partial charge in [0.2, 0.25) is 0 Å². The first-order valence-electron chi connectivity index (χ1n) is 0.478. The van der Waals surface area contributed by atoms with Gasteiger partial charge >= 0.3 is 140 Å². The van der Waals surface area contributed by atoms with Crippen molar-refractivity contribution >= 4 is 67.7 Å². The normalized spacial score (nSPS) is 3.11. The summed E-state index contributed by atoms with van der Waals surface area (Å²) >= 11 is 8.89. The van der Waals surface area contributed by atoms with E-state index in [1.165, 1.54) is 0 Å². The maximum atomic E-state index is 4.49. The Morgan fingerprint density at radius 1 is 0.444 bits per heavy atom. The monoisotopic (exact) mass is 587 g/mol. The van der Waals surface area contributed by atoms with Crippen molar-refractivity contribution in [2.75, 3.05) is 0 Å². The Morgan fingerprint density at radius 3 is 0.444 bits per heavy atom. The van der Waals surface area contributed by atoms with Crippen molar-refractivity contribution < 1.29 is 72.7 Å².